The molecule has 1 aromatic rings. The lowest BCUT2D eigenvalue weighted by atomic mass is 9.94. The van der Waals surface area contributed by atoms with Crippen molar-refractivity contribution in [1.82, 2.24) is 15.5 Å². The third-order valence-corrected chi connectivity index (χ3v) is 2.62. The topological polar surface area (TPSA) is 94.0 Å². The molecule has 0 aliphatic rings. The summed E-state index contributed by atoms with van der Waals surface area (Å²) in [4.78, 5) is 15.7. The molecule has 0 aliphatic carbocycles. The van der Waals surface area contributed by atoms with Gasteiger partial charge in [-0.2, -0.15) is 4.98 Å². The summed E-state index contributed by atoms with van der Waals surface area (Å²) in [6, 6.07) is 0. The van der Waals surface area contributed by atoms with Crippen LogP contribution in [0.5, 0.6) is 0 Å². The van der Waals surface area contributed by atoms with E-state index in [0.717, 1.165) is 6.42 Å². The second-order valence-corrected chi connectivity index (χ2v) is 4.95. The summed E-state index contributed by atoms with van der Waals surface area (Å²) in [5.41, 5.74) is 5.66. The van der Waals surface area contributed by atoms with Gasteiger partial charge in [-0.25, -0.2) is 0 Å². The maximum atomic E-state index is 11.7. The predicted molar refractivity (Wildman–Crippen MR) is 67.5 cm³/mol. The van der Waals surface area contributed by atoms with Gasteiger partial charge in [0.25, 0.3) is 0 Å². The molecule has 1 unspecified atom stereocenters. The van der Waals surface area contributed by atoms with Gasteiger partial charge in [-0.1, -0.05) is 19.0 Å². The molecule has 1 rings (SSSR count). The molecule has 0 spiro atoms. The summed E-state index contributed by atoms with van der Waals surface area (Å²) in [7, 11) is 0. The van der Waals surface area contributed by atoms with Gasteiger partial charge < -0.3 is 15.6 Å². The Morgan fingerprint density at radius 3 is 2.72 bits per heavy atom. The van der Waals surface area contributed by atoms with Crippen molar-refractivity contribution in [3.63, 3.8) is 0 Å². The molecule has 18 heavy (non-hydrogen) atoms. The molecule has 0 radical (unpaired) electrons. The number of nitrogens with zero attached hydrogens (tertiary/aromatic N) is 2. The van der Waals surface area contributed by atoms with Gasteiger partial charge in [-0.05, 0) is 31.7 Å². The van der Waals surface area contributed by atoms with Crippen molar-refractivity contribution in [2.24, 2.45) is 17.6 Å². The number of carbonyl (C=O) groups is 1. The smallest absolute Gasteiger partial charge is 0.246 e. The quantitative estimate of drug-likeness (QED) is 0.757. The van der Waals surface area contributed by atoms with E-state index in [1.807, 2.05) is 0 Å². The number of amides is 1. The van der Waals surface area contributed by atoms with Gasteiger partial charge in [-0.3, -0.25) is 4.79 Å². The molecular weight excluding hydrogens is 232 g/mol. The molecule has 3 N–H and O–H groups in total. The van der Waals surface area contributed by atoms with E-state index >= 15 is 0 Å². The van der Waals surface area contributed by atoms with E-state index in [-0.39, 0.29) is 18.4 Å². The number of nitrogens with one attached hydrogen (secondary N) is 1. The van der Waals surface area contributed by atoms with Crippen molar-refractivity contribution in [3.05, 3.63) is 11.7 Å². The highest BCUT2D eigenvalue weighted by Crippen LogP contribution is 2.14. The zero-order chi connectivity index (χ0) is 13.5. The van der Waals surface area contributed by atoms with Crippen LogP contribution in [0.3, 0.4) is 0 Å². The van der Waals surface area contributed by atoms with Crippen molar-refractivity contribution >= 4 is 5.91 Å². The second-order valence-electron chi connectivity index (χ2n) is 4.95. The third kappa shape index (κ3) is 5.27. The number of carbonyl (C=O) groups excluding carboxylic acids is 1. The molecule has 6 heteroatoms. The Labute approximate surface area is 107 Å². The summed E-state index contributed by atoms with van der Waals surface area (Å²) in [5.74, 6) is 1.74. The van der Waals surface area contributed by atoms with Gasteiger partial charge in [-0.15, -0.1) is 0 Å². The maximum absolute atomic E-state index is 11.7. The molecule has 1 atom stereocenters. The van der Waals surface area contributed by atoms with Gasteiger partial charge in [0.05, 0.1) is 6.54 Å². The predicted octanol–water partition coefficient (Wildman–Crippen LogP) is 1.01. The van der Waals surface area contributed by atoms with Crippen molar-refractivity contribution in [2.45, 2.75) is 40.2 Å². The van der Waals surface area contributed by atoms with Crippen molar-refractivity contribution in [1.29, 1.82) is 0 Å². The molecule has 0 bridgehead atoms. The maximum Gasteiger partial charge on any atom is 0.246 e. The first-order valence-electron chi connectivity index (χ1n) is 6.27. The van der Waals surface area contributed by atoms with Gasteiger partial charge in [0.2, 0.25) is 11.8 Å². The van der Waals surface area contributed by atoms with Crippen LogP contribution in [0.15, 0.2) is 4.52 Å². The Hall–Kier alpha value is -1.43. The highest BCUT2D eigenvalue weighted by atomic mass is 16.5. The zero-order valence-corrected chi connectivity index (χ0v) is 11.3. The van der Waals surface area contributed by atoms with E-state index in [9.17, 15) is 4.79 Å². The van der Waals surface area contributed by atoms with Crippen LogP contribution in [-0.2, 0) is 11.3 Å². The van der Waals surface area contributed by atoms with Crippen molar-refractivity contribution in [2.75, 3.05) is 6.54 Å². The van der Waals surface area contributed by atoms with Crippen LogP contribution < -0.4 is 11.1 Å². The minimum absolute atomic E-state index is 0.0260. The summed E-state index contributed by atoms with van der Waals surface area (Å²) < 4.78 is 4.91. The fraction of sp³-hybridized carbons (Fsp3) is 0.750. The molecule has 0 saturated heterocycles. The largest absolute Gasteiger partial charge is 0.347 e. The molecular formula is C12H22N4O2. The van der Waals surface area contributed by atoms with E-state index in [1.165, 1.54) is 0 Å². The van der Waals surface area contributed by atoms with E-state index in [1.54, 1.807) is 6.92 Å². The average molecular weight is 254 g/mol. The molecule has 1 aromatic heterocycles. The Morgan fingerprint density at radius 2 is 2.22 bits per heavy atom. The van der Waals surface area contributed by atoms with Gasteiger partial charge >= 0.3 is 0 Å². The minimum Gasteiger partial charge on any atom is -0.347 e. The molecule has 0 aromatic carbocycles. The van der Waals surface area contributed by atoms with Crippen LogP contribution >= 0.6 is 0 Å². The summed E-state index contributed by atoms with van der Waals surface area (Å²) in [6.07, 6.45) is 1.41. The van der Waals surface area contributed by atoms with Gasteiger partial charge in [0, 0.05) is 6.42 Å². The lowest BCUT2D eigenvalue weighted by molar-refractivity contribution is -0.122. The van der Waals surface area contributed by atoms with Crippen LogP contribution in [0.1, 0.15) is 38.4 Å². The number of hydrogen-bond donors (Lipinski definition) is 2. The first-order valence-corrected chi connectivity index (χ1v) is 6.27. The van der Waals surface area contributed by atoms with Gasteiger partial charge in [0.1, 0.15) is 0 Å². The van der Waals surface area contributed by atoms with E-state index in [2.05, 4.69) is 29.3 Å². The molecule has 6 nitrogen and oxygen atoms in total. The number of aryl methyl sites for hydroxylation is 1. The Balaban J connectivity index is 2.32. The number of hydrogen-bond acceptors (Lipinski definition) is 5. The lowest BCUT2D eigenvalue weighted by Crippen LogP contribution is -2.28. The Morgan fingerprint density at radius 1 is 1.50 bits per heavy atom. The summed E-state index contributed by atoms with van der Waals surface area (Å²) in [5, 5.41) is 6.41. The van der Waals surface area contributed by atoms with Crippen LogP contribution in [0.4, 0.5) is 0 Å². The van der Waals surface area contributed by atoms with Crippen molar-refractivity contribution in [3.8, 4) is 0 Å². The Bertz CT molecular complexity index is 376. The van der Waals surface area contributed by atoms with Crippen LogP contribution in [0, 0.1) is 18.8 Å². The van der Waals surface area contributed by atoms with E-state index in [4.69, 9.17) is 10.3 Å². The molecule has 1 heterocycles. The van der Waals surface area contributed by atoms with Crippen molar-refractivity contribution < 1.29 is 9.32 Å². The molecule has 102 valence electrons. The molecule has 0 saturated carbocycles. The second kappa shape index (κ2) is 7.10. The monoisotopic (exact) mass is 254 g/mol. The van der Waals surface area contributed by atoms with E-state index < -0.39 is 0 Å². The van der Waals surface area contributed by atoms with Crippen LogP contribution in [-0.4, -0.2) is 22.6 Å². The summed E-state index contributed by atoms with van der Waals surface area (Å²) in [6.45, 7) is 6.80. The third-order valence-electron chi connectivity index (χ3n) is 2.62. The zero-order valence-electron chi connectivity index (χ0n) is 11.3. The number of nitrogens with two attached hydrogens (primary N) is 1. The fourth-order valence-electron chi connectivity index (χ4n) is 1.85. The number of aromatic nitrogens is 2. The average Bonchev–Trinajstić information content (AvgIpc) is 2.71. The van der Waals surface area contributed by atoms with Gasteiger partial charge in [0.15, 0.2) is 5.82 Å². The lowest BCUT2D eigenvalue weighted by Gasteiger charge is -2.16. The SMILES string of the molecule is Cc1noc(CNC(=O)CC(CN)CC(C)C)n1. The first-order chi connectivity index (χ1) is 8.51. The van der Waals surface area contributed by atoms with Crippen LogP contribution in [0.2, 0.25) is 0 Å². The summed E-state index contributed by atoms with van der Waals surface area (Å²) >= 11 is 0. The number of rotatable bonds is 7. The molecule has 0 fully saturated rings. The first kappa shape index (κ1) is 14.6. The Kier molecular flexibility index (Phi) is 5.77. The highest BCUT2D eigenvalue weighted by molar-refractivity contribution is 5.76. The standard InChI is InChI=1S/C12H22N4O2/c1-8(2)4-10(6-13)5-11(17)14-7-12-15-9(3)16-18-12/h8,10H,4-7,13H2,1-3H3,(H,14,17). The van der Waals surface area contributed by atoms with E-state index in [0.29, 0.717) is 30.6 Å². The van der Waals surface area contributed by atoms with Crippen LogP contribution in [0.25, 0.3) is 0 Å². The highest BCUT2D eigenvalue weighted by Gasteiger charge is 2.14. The minimum atomic E-state index is -0.0260. The molecule has 1 amide bonds. The fourth-order valence-corrected chi connectivity index (χ4v) is 1.85. The molecule has 0 aliphatic heterocycles. The normalized spacial score (nSPS) is 12.7.